The molecule has 0 aliphatic heterocycles. The van der Waals surface area contributed by atoms with Gasteiger partial charge in [-0.15, -0.1) is 0 Å². The van der Waals surface area contributed by atoms with E-state index in [1.54, 1.807) is 24.7 Å². The van der Waals surface area contributed by atoms with E-state index in [2.05, 4.69) is 4.98 Å². The molecule has 0 aliphatic rings. The molecule has 2 aromatic rings. The van der Waals surface area contributed by atoms with E-state index in [1.165, 1.54) is 0 Å². The smallest absolute Gasteiger partial charge is 0.0950 e. The van der Waals surface area contributed by atoms with Crippen LogP contribution in [-0.2, 0) is 6.54 Å². The van der Waals surface area contributed by atoms with Crippen molar-refractivity contribution in [2.24, 2.45) is 5.73 Å². The van der Waals surface area contributed by atoms with Crippen LogP contribution in [0.15, 0.2) is 30.7 Å². The molecule has 1 aromatic heterocycles. The molecule has 3 nitrogen and oxygen atoms in total. The Balaban J connectivity index is 2.33. The standard InChI is InChI=1S/C13H15Cl2N3/c1-9(16)4-5-18-8-17-7-13(18)11-6-10(14)2-3-12(11)15/h2-3,6-9H,4-5,16H2,1H3. The van der Waals surface area contributed by atoms with Crippen LogP contribution in [0.25, 0.3) is 11.3 Å². The van der Waals surface area contributed by atoms with Gasteiger partial charge in [-0.05, 0) is 31.5 Å². The van der Waals surface area contributed by atoms with Crippen LogP contribution in [0.5, 0.6) is 0 Å². The van der Waals surface area contributed by atoms with Crippen LogP contribution < -0.4 is 5.73 Å². The molecule has 1 heterocycles. The van der Waals surface area contributed by atoms with Crippen LogP contribution in [0.1, 0.15) is 13.3 Å². The molecule has 96 valence electrons. The van der Waals surface area contributed by atoms with Gasteiger partial charge in [-0.25, -0.2) is 4.98 Å². The zero-order valence-corrected chi connectivity index (χ0v) is 11.6. The highest BCUT2D eigenvalue weighted by Crippen LogP contribution is 2.30. The molecule has 2 N–H and O–H groups in total. The second kappa shape index (κ2) is 5.74. The molecule has 0 saturated heterocycles. The van der Waals surface area contributed by atoms with E-state index in [1.807, 2.05) is 17.6 Å². The van der Waals surface area contributed by atoms with Crippen molar-refractivity contribution >= 4 is 23.2 Å². The molecule has 0 radical (unpaired) electrons. The quantitative estimate of drug-likeness (QED) is 0.932. The number of benzene rings is 1. The summed E-state index contributed by atoms with van der Waals surface area (Å²) in [4.78, 5) is 4.17. The third-order valence-electron chi connectivity index (χ3n) is 2.74. The third-order valence-corrected chi connectivity index (χ3v) is 3.31. The van der Waals surface area contributed by atoms with Gasteiger partial charge >= 0.3 is 0 Å². The fourth-order valence-electron chi connectivity index (χ4n) is 1.76. The number of imidazole rings is 1. The summed E-state index contributed by atoms with van der Waals surface area (Å²) in [6.07, 6.45) is 4.47. The number of hydrogen-bond acceptors (Lipinski definition) is 2. The molecular weight excluding hydrogens is 269 g/mol. The molecule has 18 heavy (non-hydrogen) atoms. The highest BCUT2D eigenvalue weighted by molar-refractivity contribution is 6.35. The number of rotatable bonds is 4. The van der Waals surface area contributed by atoms with Crippen LogP contribution >= 0.6 is 23.2 Å². The van der Waals surface area contributed by atoms with E-state index in [9.17, 15) is 0 Å². The van der Waals surface area contributed by atoms with E-state index in [-0.39, 0.29) is 6.04 Å². The number of nitrogens with zero attached hydrogens (tertiary/aromatic N) is 2. The maximum atomic E-state index is 6.20. The summed E-state index contributed by atoms with van der Waals surface area (Å²) < 4.78 is 2.04. The molecule has 0 fully saturated rings. The summed E-state index contributed by atoms with van der Waals surface area (Å²) in [6, 6.07) is 5.58. The number of nitrogens with two attached hydrogens (primary N) is 1. The summed E-state index contributed by atoms with van der Waals surface area (Å²) in [5.74, 6) is 0. The van der Waals surface area contributed by atoms with Gasteiger partial charge in [-0.2, -0.15) is 0 Å². The minimum atomic E-state index is 0.162. The largest absolute Gasteiger partial charge is 0.331 e. The number of aryl methyl sites for hydroxylation is 1. The lowest BCUT2D eigenvalue weighted by atomic mass is 10.1. The zero-order valence-electron chi connectivity index (χ0n) is 10.1. The summed E-state index contributed by atoms with van der Waals surface area (Å²) >= 11 is 12.2. The fraction of sp³-hybridized carbons (Fsp3) is 0.308. The first-order valence-corrected chi connectivity index (χ1v) is 6.54. The van der Waals surface area contributed by atoms with Gasteiger partial charge in [0.1, 0.15) is 0 Å². The zero-order chi connectivity index (χ0) is 13.1. The molecule has 0 spiro atoms. The maximum absolute atomic E-state index is 6.20. The van der Waals surface area contributed by atoms with Gasteiger partial charge in [0, 0.05) is 23.2 Å². The third kappa shape index (κ3) is 3.05. The lowest BCUT2D eigenvalue weighted by Gasteiger charge is -2.11. The van der Waals surface area contributed by atoms with Crippen LogP contribution in [-0.4, -0.2) is 15.6 Å². The van der Waals surface area contributed by atoms with E-state index < -0.39 is 0 Å². The van der Waals surface area contributed by atoms with E-state index in [0.717, 1.165) is 24.2 Å². The fourth-order valence-corrected chi connectivity index (χ4v) is 2.15. The molecule has 2 rings (SSSR count). The number of hydrogen-bond donors (Lipinski definition) is 1. The van der Waals surface area contributed by atoms with Crippen molar-refractivity contribution in [2.45, 2.75) is 25.9 Å². The molecule has 5 heteroatoms. The minimum Gasteiger partial charge on any atom is -0.331 e. The van der Waals surface area contributed by atoms with Crippen molar-refractivity contribution in [1.29, 1.82) is 0 Å². The number of aromatic nitrogens is 2. The van der Waals surface area contributed by atoms with Gasteiger partial charge in [0.15, 0.2) is 0 Å². The van der Waals surface area contributed by atoms with Crippen molar-refractivity contribution in [2.75, 3.05) is 0 Å². The van der Waals surface area contributed by atoms with Gasteiger partial charge in [0.2, 0.25) is 0 Å². The minimum absolute atomic E-state index is 0.162. The maximum Gasteiger partial charge on any atom is 0.0950 e. The Bertz CT molecular complexity index is 535. The Kier molecular flexibility index (Phi) is 4.27. The predicted molar refractivity (Wildman–Crippen MR) is 75.9 cm³/mol. The molecule has 0 aliphatic carbocycles. The first kappa shape index (κ1) is 13.4. The Morgan fingerprint density at radius 2 is 2.17 bits per heavy atom. The van der Waals surface area contributed by atoms with Gasteiger partial charge in [0.05, 0.1) is 23.2 Å². The normalized spacial score (nSPS) is 12.7. The van der Waals surface area contributed by atoms with E-state index in [4.69, 9.17) is 28.9 Å². The predicted octanol–water partition coefficient (Wildman–Crippen LogP) is 3.59. The van der Waals surface area contributed by atoms with Gasteiger partial charge in [0.25, 0.3) is 0 Å². The molecule has 0 amide bonds. The van der Waals surface area contributed by atoms with E-state index in [0.29, 0.717) is 10.0 Å². The summed E-state index contributed by atoms with van der Waals surface area (Å²) in [6.45, 7) is 2.80. The molecular formula is C13H15Cl2N3. The van der Waals surface area contributed by atoms with Crippen molar-refractivity contribution in [1.82, 2.24) is 9.55 Å². The molecule has 1 atom stereocenters. The molecule has 1 unspecified atom stereocenters. The van der Waals surface area contributed by atoms with Gasteiger partial charge in [-0.3, -0.25) is 0 Å². The van der Waals surface area contributed by atoms with Crippen LogP contribution in [0.2, 0.25) is 10.0 Å². The molecule has 0 bridgehead atoms. The highest BCUT2D eigenvalue weighted by atomic mass is 35.5. The van der Waals surface area contributed by atoms with Gasteiger partial charge < -0.3 is 10.3 Å². The Labute approximate surface area is 117 Å². The van der Waals surface area contributed by atoms with E-state index >= 15 is 0 Å². The highest BCUT2D eigenvalue weighted by Gasteiger charge is 2.10. The average molecular weight is 284 g/mol. The first-order valence-electron chi connectivity index (χ1n) is 5.79. The lowest BCUT2D eigenvalue weighted by molar-refractivity contribution is 0.573. The van der Waals surface area contributed by atoms with Crippen LogP contribution in [0.3, 0.4) is 0 Å². The van der Waals surface area contributed by atoms with Crippen molar-refractivity contribution in [3.05, 3.63) is 40.8 Å². The number of halogens is 2. The monoisotopic (exact) mass is 283 g/mol. The molecule has 0 saturated carbocycles. The van der Waals surface area contributed by atoms with Gasteiger partial charge in [-0.1, -0.05) is 23.2 Å². The Morgan fingerprint density at radius 3 is 2.89 bits per heavy atom. The van der Waals surface area contributed by atoms with Crippen LogP contribution in [0.4, 0.5) is 0 Å². The Hall–Kier alpha value is -1.03. The topological polar surface area (TPSA) is 43.8 Å². The average Bonchev–Trinajstić information content (AvgIpc) is 2.77. The van der Waals surface area contributed by atoms with Crippen molar-refractivity contribution in [3.8, 4) is 11.3 Å². The second-order valence-electron chi connectivity index (χ2n) is 4.36. The van der Waals surface area contributed by atoms with Crippen molar-refractivity contribution < 1.29 is 0 Å². The second-order valence-corrected chi connectivity index (χ2v) is 5.21. The summed E-state index contributed by atoms with van der Waals surface area (Å²) in [5, 5.41) is 1.33. The SMILES string of the molecule is CC(N)CCn1cncc1-c1cc(Cl)ccc1Cl. The molecule has 1 aromatic carbocycles. The first-order chi connectivity index (χ1) is 8.58. The summed E-state index contributed by atoms with van der Waals surface area (Å²) in [7, 11) is 0. The summed E-state index contributed by atoms with van der Waals surface area (Å²) in [5.41, 5.74) is 7.63. The van der Waals surface area contributed by atoms with Crippen LogP contribution in [0, 0.1) is 0 Å². The van der Waals surface area contributed by atoms with Crippen molar-refractivity contribution in [3.63, 3.8) is 0 Å². The lowest BCUT2D eigenvalue weighted by Crippen LogP contribution is -2.17. The Morgan fingerprint density at radius 1 is 1.39 bits per heavy atom.